The van der Waals surface area contributed by atoms with Crippen molar-refractivity contribution in [3.8, 4) is 5.75 Å². The number of amides is 1. The smallest absolute Gasteiger partial charge is 0.225 e. The van der Waals surface area contributed by atoms with Gasteiger partial charge in [-0.3, -0.25) is 4.79 Å². The second-order valence-electron chi connectivity index (χ2n) is 6.40. The predicted octanol–water partition coefficient (Wildman–Crippen LogP) is 2.80. The van der Waals surface area contributed by atoms with Crippen molar-refractivity contribution in [2.45, 2.75) is 26.3 Å². The van der Waals surface area contributed by atoms with Gasteiger partial charge in [-0.25, -0.2) is 8.42 Å². The molecule has 7 heteroatoms. The molecule has 0 saturated carbocycles. The summed E-state index contributed by atoms with van der Waals surface area (Å²) in [4.78, 5) is 12.2. The molecule has 0 radical (unpaired) electrons. The zero-order valence-electron chi connectivity index (χ0n) is 15.3. The maximum absolute atomic E-state index is 12.6. The van der Waals surface area contributed by atoms with Crippen LogP contribution in [0.4, 0.5) is 5.69 Å². The van der Waals surface area contributed by atoms with Crippen molar-refractivity contribution in [1.82, 2.24) is 4.31 Å². The molecular weight excluding hydrogens is 364 g/mol. The number of carbonyl (C=O) groups is 1. The molecule has 0 aliphatic carbocycles. The van der Waals surface area contributed by atoms with Gasteiger partial charge in [0.05, 0.1) is 18.0 Å². The average Bonchev–Trinajstić information content (AvgIpc) is 2.68. The minimum Gasteiger partial charge on any atom is -0.492 e. The van der Waals surface area contributed by atoms with E-state index in [1.54, 1.807) is 18.2 Å². The Hall–Kier alpha value is -2.38. The lowest BCUT2D eigenvalue weighted by molar-refractivity contribution is -0.115. The van der Waals surface area contributed by atoms with Gasteiger partial charge in [0.15, 0.2) is 0 Å². The lowest BCUT2D eigenvalue weighted by Gasteiger charge is -2.28. The monoisotopic (exact) mass is 388 g/mol. The van der Waals surface area contributed by atoms with Gasteiger partial charge in [0, 0.05) is 19.5 Å². The lowest BCUT2D eigenvalue weighted by Crippen LogP contribution is -2.38. The Morgan fingerprint density at radius 1 is 1.11 bits per heavy atom. The molecule has 0 aromatic heterocycles. The second kappa shape index (κ2) is 8.54. The molecule has 1 aliphatic rings. The number of nitrogens with one attached hydrogen (secondary N) is 1. The molecule has 27 heavy (non-hydrogen) atoms. The second-order valence-corrected chi connectivity index (χ2v) is 8.48. The Kier molecular flexibility index (Phi) is 6.13. The fourth-order valence-corrected chi connectivity index (χ4v) is 4.53. The van der Waals surface area contributed by atoms with Gasteiger partial charge in [0.1, 0.15) is 5.75 Å². The standard InChI is InChI=1S/C20H24N2O4S/c1-2-26-19-10-6-5-9-18(19)21-20(23)12-14-27(24,25)22-13-11-16-7-3-4-8-17(16)15-22/h3-10H,2,11-15H2,1H3,(H,21,23). The van der Waals surface area contributed by atoms with E-state index in [1.165, 1.54) is 9.87 Å². The van der Waals surface area contributed by atoms with Crippen LogP contribution in [0.5, 0.6) is 5.75 Å². The molecule has 2 aromatic carbocycles. The molecule has 1 amide bonds. The van der Waals surface area contributed by atoms with Crippen LogP contribution in [0.1, 0.15) is 24.5 Å². The average molecular weight is 388 g/mol. The summed E-state index contributed by atoms with van der Waals surface area (Å²) in [5, 5.41) is 2.74. The molecule has 0 fully saturated rings. The molecule has 0 spiro atoms. The first-order valence-corrected chi connectivity index (χ1v) is 10.7. The van der Waals surface area contributed by atoms with Crippen LogP contribution < -0.4 is 10.1 Å². The number of para-hydroxylation sites is 2. The highest BCUT2D eigenvalue weighted by Gasteiger charge is 2.27. The Bertz CT molecular complexity index is 912. The number of benzene rings is 2. The van der Waals surface area contributed by atoms with E-state index >= 15 is 0 Å². The number of fused-ring (bicyclic) bond motifs is 1. The van der Waals surface area contributed by atoms with Crippen LogP contribution in [0.3, 0.4) is 0 Å². The molecule has 3 rings (SSSR count). The summed E-state index contributed by atoms with van der Waals surface area (Å²) in [7, 11) is -3.49. The summed E-state index contributed by atoms with van der Waals surface area (Å²) in [6.45, 7) is 3.17. The highest BCUT2D eigenvalue weighted by molar-refractivity contribution is 7.89. The fourth-order valence-electron chi connectivity index (χ4n) is 3.12. The van der Waals surface area contributed by atoms with Crippen molar-refractivity contribution in [3.63, 3.8) is 0 Å². The summed E-state index contributed by atoms with van der Waals surface area (Å²) in [6.07, 6.45) is 0.601. The SMILES string of the molecule is CCOc1ccccc1NC(=O)CCS(=O)(=O)N1CCc2ccccc2C1. The summed E-state index contributed by atoms with van der Waals surface area (Å²) >= 11 is 0. The van der Waals surface area contributed by atoms with Gasteiger partial charge in [0.25, 0.3) is 0 Å². The normalized spacial score (nSPS) is 14.4. The molecule has 2 aromatic rings. The molecule has 1 heterocycles. The summed E-state index contributed by atoms with van der Waals surface area (Å²) < 4.78 is 32.2. The Morgan fingerprint density at radius 3 is 2.59 bits per heavy atom. The maximum atomic E-state index is 12.6. The largest absolute Gasteiger partial charge is 0.492 e. The number of carbonyl (C=O) groups excluding carboxylic acids is 1. The van der Waals surface area contributed by atoms with Crippen molar-refractivity contribution in [2.75, 3.05) is 24.2 Å². The Balaban J connectivity index is 1.59. The highest BCUT2D eigenvalue weighted by Crippen LogP contribution is 2.24. The maximum Gasteiger partial charge on any atom is 0.225 e. The van der Waals surface area contributed by atoms with Gasteiger partial charge in [-0.15, -0.1) is 0 Å². The topological polar surface area (TPSA) is 75.7 Å². The van der Waals surface area contributed by atoms with Crippen molar-refractivity contribution in [2.24, 2.45) is 0 Å². The quantitative estimate of drug-likeness (QED) is 0.791. The zero-order valence-corrected chi connectivity index (χ0v) is 16.2. The van der Waals surface area contributed by atoms with E-state index in [0.29, 0.717) is 37.6 Å². The minimum absolute atomic E-state index is 0.0963. The highest BCUT2D eigenvalue weighted by atomic mass is 32.2. The van der Waals surface area contributed by atoms with E-state index in [-0.39, 0.29) is 18.1 Å². The predicted molar refractivity (Wildman–Crippen MR) is 105 cm³/mol. The molecule has 0 saturated heterocycles. The van der Waals surface area contributed by atoms with E-state index in [1.807, 2.05) is 37.3 Å². The number of rotatable bonds is 7. The summed E-state index contributed by atoms with van der Waals surface area (Å²) in [5.41, 5.74) is 2.77. The molecule has 144 valence electrons. The third-order valence-electron chi connectivity index (χ3n) is 4.54. The summed E-state index contributed by atoms with van der Waals surface area (Å²) in [5.74, 6) is 0.0182. The van der Waals surface area contributed by atoms with E-state index in [2.05, 4.69) is 5.32 Å². The minimum atomic E-state index is -3.49. The lowest BCUT2D eigenvalue weighted by atomic mass is 10.0. The zero-order chi connectivity index (χ0) is 19.3. The molecule has 0 atom stereocenters. The number of hydrogen-bond acceptors (Lipinski definition) is 4. The Morgan fingerprint density at radius 2 is 1.81 bits per heavy atom. The van der Waals surface area contributed by atoms with Crippen molar-refractivity contribution >= 4 is 21.6 Å². The van der Waals surface area contributed by atoms with E-state index < -0.39 is 10.0 Å². The first kappa shape index (κ1) is 19.4. The third kappa shape index (κ3) is 4.87. The van der Waals surface area contributed by atoms with Crippen LogP contribution >= 0.6 is 0 Å². The summed E-state index contributed by atoms with van der Waals surface area (Å²) in [6, 6.07) is 15.0. The number of ether oxygens (including phenoxy) is 1. The van der Waals surface area contributed by atoms with Crippen LogP contribution in [0.2, 0.25) is 0 Å². The van der Waals surface area contributed by atoms with Crippen LogP contribution in [-0.4, -0.2) is 37.5 Å². The number of anilines is 1. The van der Waals surface area contributed by atoms with E-state index in [4.69, 9.17) is 4.74 Å². The van der Waals surface area contributed by atoms with Gasteiger partial charge < -0.3 is 10.1 Å². The molecule has 1 aliphatic heterocycles. The number of hydrogen-bond donors (Lipinski definition) is 1. The van der Waals surface area contributed by atoms with Crippen LogP contribution in [-0.2, 0) is 27.8 Å². The first-order chi connectivity index (χ1) is 13.0. The fraction of sp³-hybridized carbons (Fsp3) is 0.350. The number of sulfonamides is 1. The number of nitrogens with zero attached hydrogens (tertiary/aromatic N) is 1. The Labute approximate surface area is 160 Å². The molecule has 6 nitrogen and oxygen atoms in total. The van der Waals surface area contributed by atoms with Crippen molar-refractivity contribution < 1.29 is 17.9 Å². The van der Waals surface area contributed by atoms with Crippen molar-refractivity contribution in [1.29, 1.82) is 0 Å². The molecule has 0 bridgehead atoms. The third-order valence-corrected chi connectivity index (χ3v) is 6.36. The van der Waals surface area contributed by atoms with Crippen LogP contribution in [0, 0.1) is 0 Å². The van der Waals surface area contributed by atoms with E-state index in [0.717, 1.165) is 5.56 Å². The van der Waals surface area contributed by atoms with Gasteiger partial charge in [-0.1, -0.05) is 36.4 Å². The van der Waals surface area contributed by atoms with Gasteiger partial charge >= 0.3 is 0 Å². The van der Waals surface area contributed by atoms with Crippen molar-refractivity contribution in [3.05, 3.63) is 59.7 Å². The molecule has 1 N–H and O–H groups in total. The van der Waals surface area contributed by atoms with E-state index in [9.17, 15) is 13.2 Å². The van der Waals surface area contributed by atoms with Gasteiger partial charge in [-0.05, 0) is 36.6 Å². The van der Waals surface area contributed by atoms with Gasteiger partial charge in [0.2, 0.25) is 15.9 Å². The van der Waals surface area contributed by atoms with Gasteiger partial charge in [-0.2, -0.15) is 4.31 Å². The first-order valence-electron chi connectivity index (χ1n) is 9.06. The van der Waals surface area contributed by atoms with Crippen LogP contribution in [0.15, 0.2) is 48.5 Å². The molecule has 0 unspecified atom stereocenters. The van der Waals surface area contributed by atoms with Crippen LogP contribution in [0.25, 0.3) is 0 Å². The molecular formula is C20H24N2O4S.